The van der Waals surface area contributed by atoms with E-state index >= 15 is 0 Å². The van der Waals surface area contributed by atoms with Crippen molar-refractivity contribution in [2.24, 2.45) is 0 Å². The second kappa shape index (κ2) is 14.9. The fourth-order valence-electron chi connectivity index (χ4n) is 4.17. The minimum atomic E-state index is -0.515. The molecule has 0 amide bonds. The van der Waals surface area contributed by atoms with Crippen LogP contribution in [0.1, 0.15) is 61.9 Å². The van der Waals surface area contributed by atoms with Crippen molar-refractivity contribution in [3.05, 3.63) is 125 Å². The minimum absolute atomic E-state index is 0. The van der Waals surface area contributed by atoms with Gasteiger partial charge in [0.05, 0.1) is 0 Å². The summed E-state index contributed by atoms with van der Waals surface area (Å²) in [5.74, 6) is 0. The van der Waals surface area contributed by atoms with Crippen molar-refractivity contribution < 1.29 is 26.1 Å². The van der Waals surface area contributed by atoms with Gasteiger partial charge in [-0.25, -0.2) is 0 Å². The van der Waals surface area contributed by atoms with Gasteiger partial charge in [0, 0.05) is 11.6 Å². The smallest absolute Gasteiger partial charge is 0.421 e. The predicted molar refractivity (Wildman–Crippen MR) is 148 cm³/mol. The maximum Gasteiger partial charge on any atom is 2.00 e. The Hall–Kier alpha value is -2.23. The normalized spacial score (nSPS) is 15.1. The first-order chi connectivity index (χ1) is 16.1. The van der Waals surface area contributed by atoms with E-state index in [1.165, 1.54) is 22.3 Å². The van der Waals surface area contributed by atoms with Crippen molar-refractivity contribution in [2.75, 3.05) is 0 Å². The van der Waals surface area contributed by atoms with E-state index < -0.39 is 9.76 Å². The SMILES string of the molecule is C(C=Cc1ccccc1)=Cc1ccccc1.CCC1=C(C)C([SiH2]OC(C)C)c2ccccc21.[Ti+2]. The molecule has 0 saturated heterocycles. The van der Waals surface area contributed by atoms with Crippen molar-refractivity contribution in [1.82, 2.24) is 0 Å². The number of rotatable bonds is 7. The summed E-state index contributed by atoms with van der Waals surface area (Å²) in [6.07, 6.45) is 9.81. The van der Waals surface area contributed by atoms with Gasteiger partial charge in [0.2, 0.25) is 0 Å². The molecule has 172 valence electrons. The first-order valence-electron chi connectivity index (χ1n) is 12.0. The molecule has 0 heterocycles. The Morgan fingerprint density at radius 1 is 0.794 bits per heavy atom. The van der Waals surface area contributed by atoms with Crippen LogP contribution in [0.3, 0.4) is 0 Å². The zero-order valence-corrected chi connectivity index (χ0v) is 23.8. The van der Waals surface area contributed by atoms with E-state index in [0.29, 0.717) is 11.6 Å². The van der Waals surface area contributed by atoms with Crippen molar-refractivity contribution >= 4 is 27.5 Å². The van der Waals surface area contributed by atoms with Gasteiger partial charge in [-0.2, -0.15) is 0 Å². The summed E-state index contributed by atoms with van der Waals surface area (Å²) in [6.45, 7) is 8.81. The number of hydrogen-bond donors (Lipinski definition) is 0. The third-order valence-electron chi connectivity index (χ3n) is 5.90. The van der Waals surface area contributed by atoms with Gasteiger partial charge < -0.3 is 4.43 Å². The molecule has 0 aliphatic heterocycles. The molecular weight excluding hydrogens is 464 g/mol. The van der Waals surface area contributed by atoms with Crippen LogP contribution in [0.2, 0.25) is 0 Å². The van der Waals surface area contributed by atoms with Gasteiger partial charge in [-0.05, 0) is 55.0 Å². The van der Waals surface area contributed by atoms with Gasteiger partial charge in [-0.15, -0.1) is 0 Å². The summed E-state index contributed by atoms with van der Waals surface area (Å²) in [6, 6.07) is 29.4. The fourth-order valence-corrected chi connectivity index (χ4v) is 5.78. The minimum Gasteiger partial charge on any atom is -0.421 e. The predicted octanol–water partition coefficient (Wildman–Crippen LogP) is 7.84. The molecule has 3 heteroatoms. The standard InChI is InChI=1S/C16H14.C15H22OSi.Ti/c1-3-9-15(10-4-1)13-7-8-14-16-11-5-2-6-12-16;1-5-12-11(4)15(17-16-10(2)3)14-9-7-6-8-13(12)14;/h1-14H;6-10,15H,5,17H2,1-4H3;/q;;+2. The van der Waals surface area contributed by atoms with Crippen LogP contribution >= 0.6 is 0 Å². The van der Waals surface area contributed by atoms with Gasteiger partial charge in [0.25, 0.3) is 0 Å². The molecule has 1 unspecified atom stereocenters. The van der Waals surface area contributed by atoms with Gasteiger partial charge in [0.15, 0.2) is 9.76 Å². The summed E-state index contributed by atoms with van der Waals surface area (Å²) in [7, 11) is -0.515. The molecule has 1 aliphatic rings. The largest absolute Gasteiger partial charge is 2.00 e. The second-order valence-corrected chi connectivity index (χ2v) is 10.1. The van der Waals surface area contributed by atoms with Crippen molar-refractivity contribution in [2.45, 2.75) is 45.8 Å². The zero-order chi connectivity index (χ0) is 23.5. The summed E-state index contributed by atoms with van der Waals surface area (Å²) < 4.78 is 5.95. The molecule has 1 aliphatic carbocycles. The molecule has 0 saturated carbocycles. The van der Waals surface area contributed by atoms with Crippen molar-refractivity contribution in [1.29, 1.82) is 0 Å². The quantitative estimate of drug-likeness (QED) is 0.237. The molecule has 3 aromatic carbocycles. The van der Waals surface area contributed by atoms with E-state index in [1.54, 1.807) is 11.1 Å². The summed E-state index contributed by atoms with van der Waals surface area (Å²) in [5, 5.41) is 0. The van der Waals surface area contributed by atoms with Crippen LogP contribution in [-0.2, 0) is 26.1 Å². The number of hydrogen-bond acceptors (Lipinski definition) is 1. The molecule has 0 N–H and O–H groups in total. The van der Waals surface area contributed by atoms with E-state index in [0.717, 1.165) is 6.42 Å². The van der Waals surface area contributed by atoms with Gasteiger partial charge in [-0.3, -0.25) is 0 Å². The van der Waals surface area contributed by atoms with Crippen LogP contribution in [0.4, 0.5) is 0 Å². The molecule has 0 fully saturated rings. The zero-order valence-electron chi connectivity index (χ0n) is 20.9. The van der Waals surface area contributed by atoms with Crippen LogP contribution < -0.4 is 0 Å². The topological polar surface area (TPSA) is 9.23 Å². The molecule has 3 aromatic rings. The Bertz CT molecular complexity index is 1040. The maximum absolute atomic E-state index is 5.95. The molecule has 0 radical (unpaired) electrons. The first-order valence-corrected chi connectivity index (χ1v) is 13.3. The van der Waals surface area contributed by atoms with Crippen LogP contribution in [0, 0.1) is 0 Å². The third kappa shape index (κ3) is 8.21. The summed E-state index contributed by atoms with van der Waals surface area (Å²) >= 11 is 0. The number of allylic oxidation sites excluding steroid dienone is 4. The molecule has 0 spiro atoms. The monoisotopic (exact) mass is 500 g/mol. The van der Waals surface area contributed by atoms with E-state index in [-0.39, 0.29) is 21.7 Å². The van der Waals surface area contributed by atoms with Gasteiger partial charge >= 0.3 is 21.7 Å². The fraction of sp³-hybridized carbons (Fsp3) is 0.226. The van der Waals surface area contributed by atoms with Crippen LogP contribution in [0.15, 0.2) is 103 Å². The Labute approximate surface area is 223 Å². The van der Waals surface area contributed by atoms with E-state index in [9.17, 15) is 0 Å². The van der Waals surface area contributed by atoms with Gasteiger partial charge in [0.1, 0.15) is 0 Å². The molecule has 1 nitrogen and oxygen atoms in total. The molecule has 0 aromatic heterocycles. The average Bonchev–Trinajstić information content (AvgIpc) is 3.12. The average molecular weight is 501 g/mol. The maximum atomic E-state index is 5.95. The number of fused-ring (bicyclic) bond motifs is 1. The summed E-state index contributed by atoms with van der Waals surface area (Å²) in [5.41, 5.74) is 9.13. The second-order valence-electron chi connectivity index (χ2n) is 8.58. The molecule has 34 heavy (non-hydrogen) atoms. The van der Waals surface area contributed by atoms with E-state index in [4.69, 9.17) is 4.43 Å². The Morgan fingerprint density at radius 3 is 1.79 bits per heavy atom. The first kappa shape index (κ1) is 28.0. The Balaban J connectivity index is 0.000000234. The molecular formula is C31H36OSiTi+2. The van der Waals surface area contributed by atoms with Crippen molar-refractivity contribution in [3.63, 3.8) is 0 Å². The Kier molecular flexibility index (Phi) is 12.3. The van der Waals surface area contributed by atoms with Crippen LogP contribution in [0.25, 0.3) is 17.7 Å². The third-order valence-corrected chi connectivity index (χ3v) is 8.14. The summed E-state index contributed by atoms with van der Waals surface area (Å²) in [4.78, 5) is 0. The number of benzene rings is 3. The molecule has 0 bridgehead atoms. The molecule has 4 rings (SSSR count). The van der Waals surface area contributed by atoms with E-state index in [2.05, 4.69) is 101 Å². The van der Waals surface area contributed by atoms with Gasteiger partial charge in [-0.1, -0.05) is 122 Å². The van der Waals surface area contributed by atoms with Crippen molar-refractivity contribution in [3.8, 4) is 0 Å². The molecule has 1 atom stereocenters. The Morgan fingerprint density at radius 2 is 1.29 bits per heavy atom. The van der Waals surface area contributed by atoms with Crippen LogP contribution in [-0.4, -0.2) is 15.9 Å². The van der Waals surface area contributed by atoms with E-state index in [1.807, 2.05) is 36.4 Å². The van der Waals surface area contributed by atoms with Crippen LogP contribution in [0.5, 0.6) is 0 Å².